The zero-order valence-electron chi connectivity index (χ0n) is 8.64. The molecule has 15 heavy (non-hydrogen) atoms. The molecule has 0 bridgehead atoms. The molecule has 80 valence electrons. The van der Waals surface area contributed by atoms with E-state index >= 15 is 0 Å². The molecule has 2 rings (SSSR count). The number of hydrogen-bond donors (Lipinski definition) is 1. The van der Waals surface area contributed by atoms with E-state index in [1.807, 2.05) is 18.2 Å². The van der Waals surface area contributed by atoms with Crippen molar-refractivity contribution in [3.05, 3.63) is 30.1 Å². The van der Waals surface area contributed by atoms with Crippen molar-refractivity contribution in [2.45, 2.75) is 24.9 Å². The highest BCUT2D eigenvalue weighted by Crippen LogP contribution is 2.23. The lowest BCUT2D eigenvalue weighted by Gasteiger charge is -2.15. The first-order chi connectivity index (χ1) is 7.31. The van der Waals surface area contributed by atoms with Gasteiger partial charge in [-0.15, -0.1) is 0 Å². The number of methoxy groups -OCH3 is 1. The zero-order valence-corrected chi connectivity index (χ0v) is 8.64. The lowest BCUT2D eigenvalue weighted by molar-refractivity contribution is -0.143. The molecule has 1 N–H and O–H groups in total. The van der Waals surface area contributed by atoms with Crippen molar-refractivity contribution in [2.75, 3.05) is 7.11 Å². The fraction of sp³-hybridized carbons (Fsp3) is 0.455. The van der Waals surface area contributed by atoms with E-state index in [4.69, 9.17) is 4.74 Å². The van der Waals surface area contributed by atoms with E-state index in [1.54, 1.807) is 6.20 Å². The molecule has 1 fully saturated rings. The second-order valence-electron chi connectivity index (χ2n) is 3.65. The summed E-state index contributed by atoms with van der Waals surface area (Å²) in [4.78, 5) is 15.7. The number of rotatable bonds is 4. The van der Waals surface area contributed by atoms with Crippen LogP contribution in [0.4, 0.5) is 0 Å². The molecule has 1 unspecified atom stereocenters. The summed E-state index contributed by atoms with van der Waals surface area (Å²) in [5, 5.41) is 3.22. The van der Waals surface area contributed by atoms with Crippen molar-refractivity contribution in [3.63, 3.8) is 0 Å². The molecule has 4 nitrogen and oxygen atoms in total. The van der Waals surface area contributed by atoms with Crippen LogP contribution in [0.3, 0.4) is 0 Å². The number of nitrogens with one attached hydrogen (secondary N) is 1. The average Bonchev–Trinajstić information content (AvgIpc) is 3.10. The summed E-state index contributed by atoms with van der Waals surface area (Å²) in [5.41, 5.74) is 0.719. The van der Waals surface area contributed by atoms with Crippen LogP contribution in [0.5, 0.6) is 0 Å². The van der Waals surface area contributed by atoms with E-state index in [0.29, 0.717) is 6.04 Å². The van der Waals surface area contributed by atoms with Crippen LogP contribution in [0.1, 0.15) is 24.6 Å². The second-order valence-corrected chi connectivity index (χ2v) is 3.65. The standard InChI is InChI=1S/C11H14N2O2/c1-15-11(14)10(13-8-5-6-8)9-4-2-3-7-12-9/h2-4,7-8,10,13H,5-6H2,1H3. The zero-order chi connectivity index (χ0) is 10.7. The van der Waals surface area contributed by atoms with Gasteiger partial charge in [-0.05, 0) is 25.0 Å². The largest absolute Gasteiger partial charge is 0.468 e. The van der Waals surface area contributed by atoms with Crippen LogP contribution in [0.25, 0.3) is 0 Å². The summed E-state index contributed by atoms with van der Waals surface area (Å²) in [5.74, 6) is -0.277. The van der Waals surface area contributed by atoms with Crippen molar-refractivity contribution in [1.82, 2.24) is 10.3 Å². The van der Waals surface area contributed by atoms with Gasteiger partial charge in [0.05, 0.1) is 12.8 Å². The lowest BCUT2D eigenvalue weighted by Crippen LogP contribution is -2.31. The van der Waals surface area contributed by atoms with Crippen LogP contribution in [0, 0.1) is 0 Å². The maximum absolute atomic E-state index is 11.6. The van der Waals surface area contributed by atoms with E-state index in [-0.39, 0.29) is 5.97 Å². The Bertz CT molecular complexity index is 336. The monoisotopic (exact) mass is 206 g/mol. The summed E-state index contributed by atoms with van der Waals surface area (Å²) >= 11 is 0. The molecule has 1 aromatic heterocycles. The minimum atomic E-state index is -0.427. The van der Waals surface area contributed by atoms with Gasteiger partial charge < -0.3 is 4.74 Å². The molecule has 0 amide bonds. The Morgan fingerprint density at radius 2 is 2.40 bits per heavy atom. The Morgan fingerprint density at radius 3 is 2.93 bits per heavy atom. The highest BCUT2D eigenvalue weighted by Gasteiger charge is 2.30. The predicted octanol–water partition coefficient (Wildman–Crippen LogP) is 1.05. The molecule has 4 heteroatoms. The maximum Gasteiger partial charge on any atom is 0.329 e. The van der Waals surface area contributed by atoms with Gasteiger partial charge in [-0.25, -0.2) is 4.79 Å². The van der Waals surface area contributed by atoms with E-state index in [2.05, 4.69) is 10.3 Å². The van der Waals surface area contributed by atoms with Crippen molar-refractivity contribution in [2.24, 2.45) is 0 Å². The molecule has 0 spiro atoms. The first-order valence-electron chi connectivity index (χ1n) is 5.06. The summed E-state index contributed by atoms with van der Waals surface area (Å²) in [6, 6.07) is 5.54. The predicted molar refractivity (Wildman–Crippen MR) is 55.2 cm³/mol. The van der Waals surface area contributed by atoms with Gasteiger partial charge in [-0.3, -0.25) is 10.3 Å². The summed E-state index contributed by atoms with van der Waals surface area (Å²) in [7, 11) is 1.40. The summed E-state index contributed by atoms with van der Waals surface area (Å²) in [6.07, 6.45) is 3.93. The highest BCUT2D eigenvalue weighted by atomic mass is 16.5. The first-order valence-corrected chi connectivity index (χ1v) is 5.06. The second kappa shape index (κ2) is 4.40. The van der Waals surface area contributed by atoms with E-state index < -0.39 is 6.04 Å². The quantitative estimate of drug-likeness (QED) is 0.748. The van der Waals surface area contributed by atoms with Crippen LogP contribution in [-0.4, -0.2) is 24.1 Å². The molecule has 1 heterocycles. The third kappa shape index (κ3) is 2.53. The molecule has 0 aliphatic heterocycles. The van der Waals surface area contributed by atoms with Crippen molar-refractivity contribution in [1.29, 1.82) is 0 Å². The van der Waals surface area contributed by atoms with Crippen LogP contribution in [0.15, 0.2) is 24.4 Å². The third-order valence-electron chi connectivity index (χ3n) is 2.40. The summed E-state index contributed by atoms with van der Waals surface area (Å²) in [6.45, 7) is 0. The van der Waals surface area contributed by atoms with Gasteiger partial charge in [0.25, 0.3) is 0 Å². The van der Waals surface area contributed by atoms with Crippen molar-refractivity contribution < 1.29 is 9.53 Å². The van der Waals surface area contributed by atoms with Gasteiger partial charge in [-0.2, -0.15) is 0 Å². The van der Waals surface area contributed by atoms with Crippen LogP contribution in [-0.2, 0) is 9.53 Å². The smallest absolute Gasteiger partial charge is 0.329 e. The van der Waals surface area contributed by atoms with E-state index in [0.717, 1.165) is 18.5 Å². The Labute approximate surface area is 88.7 Å². The molecule has 0 radical (unpaired) electrons. The molecule has 0 aromatic carbocycles. The molecule has 1 aliphatic rings. The highest BCUT2D eigenvalue weighted by molar-refractivity contribution is 5.77. The molecule has 0 saturated heterocycles. The Hall–Kier alpha value is -1.42. The molecule has 1 saturated carbocycles. The first kappa shape index (κ1) is 10.1. The van der Waals surface area contributed by atoms with Gasteiger partial charge in [0, 0.05) is 12.2 Å². The number of nitrogens with zero attached hydrogens (tertiary/aromatic N) is 1. The number of hydrogen-bond acceptors (Lipinski definition) is 4. The number of ether oxygens (including phenoxy) is 1. The molecule has 1 atom stereocenters. The number of carbonyl (C=O) groups excluding carboxylic acids is 1. The third-order valence-corrected chi connectivity index (χ3v) is 2.40. The molecule has 1 aromatic rings. The van der Waals surface area contributed by atoms with Gasteiger partial charge in [0.15, 0.2) is 0 Å². The number of esters is 1. The Balaban J connectivity index is 2.13. The number of pyridine rings is 1. The molecule has 1 aliphatic carbocycles. The fourth-order valence-corrected chi connectivity index (χ4v) is 1.42. The number of carbonyl (C=O) groups is 1. The average molecular weight is 206 g/mol. The van der Waals surface area contributed by atoms with Crippen molar-refractivity contribution in [3.8, 4) is 0 Å². The van der Waals surface area contributed by atoms with Crippen LogP contribution in [0.2, 0.25) is 0 Å². The van der Waals surface area contributed by atoms with Crippen LogP contribution >= 0.6 is 0 Å². The van der Waals surface area contributed by atoms with Gasteiger partial charge in [-0.1, -0.05) is 6.07 Å². The topological polar surface area (TPSA) is 51.2 Å². The van der Waals surface area contributed by atoms with E-state index in [9.17, 15) is 4.79 Å². The molecular formula is C11H14N2O2. The maximum atomic E-state index is 11.6. The molecular weight excluding hydrogens is 192 g/mol. The number of aromatic nitrogens is 1. The van der Waals surface area contributed by atoms with Gasteiger partial charge in [0.2, 0.25) is 0 Å². The van der Waals surface area contributed by atoms with Gasteiger partial charge in [0.1, 0.15) is 6.04 Å². The Morgan fingerprint density at radius 1 is 1.60 bits per heavy atom. The van der Waals surface area contributed by atoms with Crippen molar-refractivity contribution >= 4 is 5.97 Å². The fourth-order valence-electron chi connectivity index (χ4n) is 1.42. The SMILES string of the molecule is COC(=O)C(NC1CC1)c1ccccn1. The summed E-state index contributed by atoms with van der Waals surface area (Å²) < 4.78 is 4.75. The van der Waals surface area contributed by atoms with Gasteiger partial charge >= 0.3 is 5.97 Å². The van der Waals surface area contributed by atoms with Crippen LogP contribution < -0.4 is 5.32 Å². The Kier molecular flexibility index (Phi) is 2.97. The normalized spacial score (nSPS) is 17.1. The minimum Gasteiger partial charge on any atom is -0.468 e. The lowest BCUT2D eigenvalue weighted by atomic mass is 10.2. The minimum absolute atomic E-state index is 0.277. The van der Waals surface area contributed by atoms with E-state index in [1.165, 1.54) is 7.11 Å².